The summed E-state index contributed by atoms with van der Waals surface area (Å²) < 4.78 is 5.16. The molecule has 84 valence electrons. The van der Waals surface area contributed by atoms with Crippen molar-refractivity contribution in [3.05, 3.63) is 34.9 Å². The quantitative estimate of drug-likeness (QED) is 0.818. The summed E-state index contributed by atoms with van der Waals surface area (Å²) in [6.07, 6.45) is -0.555. The molecule has 0 saturated heterocycles. The van der Waals surface area contributed by atoms with Gasteiger partial charge in [0.25, 0.3) is 0 Å². The third kappa shape index (κ3) is 1.88. The second kappa shape index (κ2) is 3.79. The van der Waals surface area contributed by atoms with Crippen LogP contribution in [0.5, 0.6) is 0 Å². The number of hydrogen-bond donors (Lipinski definition) is 1. The van der Waals surface area contributed by atoms with E-state index >= 15 is 0 Å². The van der Waals surface area contributed by atoms with Gasteiger partial charge >= 0.3 is 6.09 Å². The van der Waals surface area contributed by atoms with Gasteiger partial charge in [-0.1, -0.05) is 29.8 Å². The Morgan fingerprint density at radius 3 is 2.69 bits per heavy atom. The van der Waals surface area contributed by atoms with Gasteiger partial charge in [0.1, 0.15) is 5.71 Å². The van der Waals surface area contributed by atoms with Crippen LogP contribution >= 0.6 is 11.6 Å². The number of carbonyl (C=O) groups is 1. The average molecular weight is 239 g/mol. The second-order valence-corrected chi connectivity index (χ2v) is 4.36. The van der Waals surface area contributed by atoms with Crippen molar-refractivity contribution in [3.63, 3.8) is 0 Å². The average Bonchev–Trinajstić information content (AvgIpc) is 2.18. The molecule has 0 aliphatic carbocycles. The van der Waals surface area contributed by atoms with Gasteiger partial charge in [-0.15, -0.1) is 0 Å². The van der Waals surface area contributed by atoms with Gasteiger partial charge in [-0.05, 0) is 19.9 Å². The number of hydrogen-bond acceptors (Lipinski definition) is 3. The molecule has 1 heterocycles. The van der Waals surface area contributed by atoms with Crippen molar-refractivity contribution < 1.29 is 9.53 Å². The minimum Gasteiger partial charge on any atom is -0.436 e. The number of benzene rings is 1. The molecular weight excluding hydrogens is 228 g/mol. The van der Waals surface area contributed by atoms with Crippen LogP contribution < -0.4 is 5.43 Å². The molecule has 0 aromatic heterocycles. The molecule has 1 N–H and O–H groups in total. The van der Waals surface area contributed by atoms with Gasteiger partial charge in [-0.3, -0.25) is 0 Å². The van der Waals surface area contributed by atoms with Crippen LogP contribution in [0.4, 0.5) is 4.79 Å². The van der Waals surface area contributed by atoms with Crippen LogP contribution in [0.25, 0.3) is 0 Å². The summed E-state index contributed by atoms with van der Waals surface area (Å²) in [7, 11) is 0. The smallest absolute Gasteiger partial charge is 0.428 e. The predicted octanol–water partition coefficient (Wildman–Crippen LogP) is 2.56. The molecule has 5 heteroatoms. The largest absolute Gasteiger partial charge is 0.436 e. The maximum atomic E-state index is 11.1. The first kappa shape index (κ1) is 11.0. The van der Waals surface area contributed by atoms with Gasteiger partial charge in [0.15, 0.2) is 5.60 Å². The molecule has 0 unspecified atom stereocenters. The number of nitrogens with zero attached hydrogens (tertiary/aromatic N) is 1. The van der Waals surface area contributed by atoms with Gasteiger partial charge in [-0.2, -0.15) is 5.10 Å². The second-order valence-electron chi connectivity index (χ2n) is 3.95. The third-order valence-corrected chi connectivity index (χ3v) is 2.64. The zero-order valence-electron chi connectivity index (χ0n) is 8.95. The molecule has 1 aliphatic rings. The minimum absolute atomic E-state index is 0.555. The summed E-state index contributed by atoms with van der Waals surface area (Å²) in [5, 5.41) is 4.58. The van der Waals surface area contributed by atoms with E-state index in [-0.39, 0.29) is 0 Å². The van der Waals surface area contributed by atoms with Crippen LogP contribution in [-0.4, -0.2) is 17.4 Å². The summed E-state index contributed by atoms with van der Waals surface area (Å²) >= 11 is 6.07. The fraction of sp³-hybridized carbons (Fsp3) is 0.273. The number of nitrogens with one attached hydrogen (secondary N) is 1. The van der Waals surface area contributed by atoms with E-state index in [1.54, 1.807) is 19.9 Å². The topological polar surface area (TPSA) is 50.7 Å². The molecule has 16 heavy (non-hydrogen) atoms. The lowest BCUT2D eigenvalue weighted by atomic mass is 9.95. The van der Waals surface area contributed by atoms with E-state index in [9.17, 15) is 4.79 Å². The number of cyclic esters (lactones) is 1. The van der Waals surface area contributed by atoms with E-state index < -0.39 is 11.7 Å². The molecule has 0 saturated carbocycles. The van der Waals surface area contributed by atoms with E-state index in [0.29, 0.717) is 10.7 Å². The van der Waals surface area contributed by atoms with E-state index in [1.165, 1.54) is 0 Å². The predicted molar refractivity (Wildman–Crippen MR) is 61.7 cm³/mol. The SMILES string of the molecule is CC1(C)OC(=O)NN=C1c1ccccc1Cl. The van der Waals surface area contributed by atoms with Gasteiger partial charge in [0, 0.05) is 10.6 Å². The van der Waals surface area contributed by atoms with Gasteiger partial charge in [0.2, 0.25) is 0 Å². The van der Waals surface area contributed by atoms with Crippen LogP contribution in [-0.2, 0) is 4.74 Å². The maximum Gasteiger partial charge on any atom is 0.428 e. The van der Waals surface area contributed by atoms with Crippen LogP contribution in [0.15, 0.2) is 29.4 Å². The Labute approximate surface area is 98.2 Å². The lowest BCUT2D eigenvalue weighted by molar-refractivity contribution is 0.0767. The number of ether oxygens (including phenoxy) is 1. The number of halogens is 1. The zero-order valence-corrected chi connectivity index (χ0v) is 9.71. The number of hydrazone groups is 1. The van der Waals surface area contributed by atoms with Crippen molar-refractivity contribution in [1.82, 2.24) is 5.43 Å². The molecule has 1 aromatic rings. The normalized spacial score (nSPS) is 18.4. The van der Waals surface area contributed by atoms with Gasteiger partial charge in [0.05, 0.1) is 0 Å². The lowest BCUT2D eigenvalue weighted by Gasteiger charge is -2.30. The van der Waals surface area contributed by atoms with E-state index in [2.05, 4.69) is 10.5 Å². The zero-order chi connectivity index (χ0) is 11.8. The highest BCUT2D eigenvalue weighted by atomic mass is 35.5. The van der Waals surface area contributed by atoms with Crippen molar-refractivity contribution in [2.75, 3.05) is 0 Å². The van der Waals surface area contributed by atoms with Crippen LogP contribution in [0.1, 0.15) is 19.4 Å². The van der Waals surface area contributed by atoms with Gasteiger partial charge in [-0.25, -0.2) is 10.2 Å². The molecule has 1 aromatic carbocycles. The molecule has 2 rings (SSSR count). The Kier molecular flexibility index (Phi) is 2.59. The highest BCUT2D eigenvalue weighted by Crippen LogP contribution is 2.25. The molecular formula is C11H11ClN2O2. The molecule has 0 fully saturated rings. The minimum atomic E-state index is -0.784. The summed E-state index contributed by atoms with van der Waals surface area (Å²) in [5.41, 5.74) is 2.86. The number of carbonyl (C=O) groups excluding carboxylic acids is 1. The molecule has 1 aliphatic heterocycles. The summed E-state index contributed by atoms with van der Waals surface area (Å²) in [6.45, 7) is 3.54. The number of amides is 1. The van der Waals surface area contributed by atoms with E-state index in [0.717, 1.165) is 5.56 Å². The molecule has 4 nitrogen and oxygen atoms in total. The Hall–Kier alpha value is -1.55. The lowest BCUT2D eigenvalue weighted by Crippen LogP contribution is -2.46. The first-order chi connectivity index (χ1) is 7.50. The van der Waals surface area contributed by atoms with Crippen LogP contribution in [0.3, 0.4) is 0 Å². The first-order valence-corrected chi connectivity index (χ1v) is 5.20. The van der Waals surface area contributed by atoms with Crippen LogP contribution in [0, 0.1) is 0 Å². The Bertz CT molecular complexity index is 469. The van der Waals surface area contributed by atoms with Crippen molar-refractivity contribution in [2.45, 2.75) is 19.4 Å². The highest BCUT2D eigenvalue weighted by molar-refractivity contribution is 6.34. The van der Waals surface area contributed by atoms with E-state index in [4.69, 9.17) is 16.3 Å². The Morgan fingerprint density at radius 1 is 1.38 bits per heavy atom. The standard InChI is InChI=1S/C11H11ClN2O2/c1-11(2)9(13-14-10(15)16-11)7-5-3-4-6-8(7)12/h3-6H,1-2H3,(H,14,15). The fourth-order valence-corrected chi connectivity index (χ4v) is 1.80. The molecule has 0 atom stereocenters. The molecule has 0 spiro atoms. The van der Waals surface area contributed by atoms with Crippen molar-refractivity contribution in [3.8, 4) is 0 Å². The Morgan fingerprint density at radius 2 is 2.06 bits per heavy atom. The first-order valence-electron chi connectivity index (χ1n) is 4.83. The summed E-state index contributed by atoms with van der Waals surface area (Å²) in [6, 6.07) is 7.30. The summed E-state index contributed by atoms with van der Waals surface area (Å²) in [4.78, 5) is 11.1. The Balaban J connectivity index is 2.48. The summed E-state index contributed by atoms with van der Waals surface area (Å²) in [5.74, 6) is 0. The van der Waals surface area contributed by atoms with Gasteiger partial charge < -0.3 is 4.74 Å². The van der Waals surface area contributed by atoms with E-state index in [1.807, 2.05) is 18.2 Å². The third-order valence-electron chi connectivity index (χ3n) is 2.31. The van der Waals surface area contributed by atoms with Crippen molar-refractivity contribution in [2.24, 2.45) is 5.10 Å². The van der Waals surface area contributed by atoms with Crippen molar-refractivity contribution in [1.29, 1.82) is 0 Å². The molecule has 0 radical (unpaired) electrons. The number of rotatable bonds is 1. The molecule has 0 bridgehead atoms. The fourth-order valence-electron chi connectivity index (χ4n) is 1.58. The highest BCUT2D eigenvalue weighted by Gasteiger charge is 2.35. The maximum absolute atomic E-state index is 11.1. The van der Waals surface area contributed by atoms with Crippen LogP contribution in [0.2, 0.25) is 5.02 Å². The van der Waals surface area contributed by atoms with Crippen molar-refractivity contribution >= 4 is 23.4 Å². The monoisotopic (exact) mass is 238 g/mol. The molecule has 1 amide bonds.